The molecule has 1 saturated carbocycles. The molecule has 98 valence electrons. The molecule has 0 aromatic carbocycles. The predicted molar refractivity (Wildman–Crippen MR) is 73.7 cm³/mol. The van der Waals surface area contributed by atoms with Gasteiger partial charge in [0.1, 0.15) is 0 Å². The molecule has 0 radical (unpaired) electrons. The van der Waals surface area contributed by atoms with Crippen LogP contribution in [0.3, 0.4) is 0 Å². The van der Waals surface area contributed by atoms with Crippen LogP contribution in [0.4, 0.5) is 0 Å². The van der Waals surface area contributed by atoms with Gasteiger partial charge in [0.05, 0.1) is 0 Å². The van der Waals surface area contributed by atoms with Crippen LogP contribution in [0.25, 0.3) is 0 Å². The van der Waals surface area contributed by atoms with E-state index in [9.17, 15) is 0 Å². The summed E-state index contributed by atoms with van der Waals surface area (Å²) in [5.74, 6) is 0.902. The molecule has 2 atom stereocenters. The summed E-state index contributed by atoms with van der Waals surface area (Å²) < 4.78 is 0. The molecule has 1 aliphatic carbocycles. The van der Waals surface area contributed by atoms with E-state index in [0.717, 1.165) is 19.1 Å². The molecule has 1 aliphatic rings. The van der Waals surface area contributed by atoms with Crippen molar-refractivity contribution in [1.29, 1.82) is 0 Å². The maximum atomic E-state index is 7.00. The maximum Gasteiger partial charge on any atom is 0.0319 e. The lowest BCUT2D eigenvalue weighted by atomic mass is 9.97. The molecule has 2 N–H and O–H groups in total. The molecule has 2 heteroatoms. The van der Waals surface area contributed by atoms with Crippen LogP contribution in [-0.4, -0.2) is 24.8 Å². The molecule has 0 aromatic rings. The van der Waals surface area contributed by atoms with Crippen LogP contribution < -0.4 is 5.32 Å². The van der Waals surface area contributed by atoms with Crippen molar-refractivity contribution in [1.82, 2.24) is 5.32 Å². The first kappa shape index (κ1) is 18.0. The highest BCUT2D eigenvalue weighted by molar-refractivity contribution is 4.76. The number of aliphatic hydroxyl groups excluding tert-OH is 1. The molecule has 16 heavy (non-hydrogen) atoms. The van der Waals surface area contributed by atoms with Gasteiger partial charge in [0, 0.05) is 13.2 Å². The summed E-state index contributed by atoms with van der Waals surface area (Å²) in [5, 5.41) is 10.7. The lowest BCUT2D eigenvalue weighted by Crippen LogP contribution is -2.34. The molecule has 0 spiro atoms. The Balaban J connectivity index is 0. The largest absolute Gasteiger partial charge is 0.400 e. The van der Waals surface area contributed by atoms with E-state index in [4.69, 9.17) is 5.11 Å². The Morgan fingerprint density at radius 2 is 1.69 bits per heavy atom. The van der Waals surface area contributed by atoms with Crippen molar-refractivity contribution in [3.05, 3.63) is 13.2 Å². The maximum absolute atomic E-state index is 7.00. The molecular formula is C14H31NO. The fourth-order valence-corrected chi connectivity index (χ4v) is 2.13. The second-order valence-electron chi connectivity index (χ2n) is 4.18. The van der Waals surface area contributed by atoms with Gasteiger partial charge in [-0.15, -0.1) is 13.2 Å². The molecule has 0 heterocycles. The molecule has 0 aliphatic heterocycles. The molecule has 0 aromatic heterocycles. The van der Waals surface area contributed by atoms with E-state index in [1.165, 1.54) is 45.1 Å². The number of aliphatic hydroxyl groups is 1. The van der Waals surface area contributed by atoms with E-state index in [-0.39, 0.29) is 0 Å². The summed E-state index contributed by atoms with van der Waals surface area (Å²) in [4.78, 5) is 0. The minimum absolute atomic E-state index is 0.812. The molecule has 1 fully saturated rings. The highest BCUT2D eigenvalue weighted by Gasteiger charge is 2.18. The van der Waals surface area contributed by atoms with Crippen LogP contribution in [0, 0.1) is 5.92 Å². The van der Waals surface area contributed by atoms with Crippen molar-refractivity contribution in [2.45, 2.75) is 58.4 Å². The SMILES string of the molecule is C=C.CCCNC1CCCCCC1C.CO. The van der Waals surface area contributed by atoms with Crippen molar-refractivity contribution in [2.24, 2.45) is 5.92 Å². The smallest absolute Gasteiger partial charge is 0.0319 e. The molecule has 0 amide bonds. The van der Waals surface area contributed by atoms with E-state index in [1.807, 2.05) is 0 Å². The van der Waals surface area contributed by atoms with E-state index < -0.39 is 0 Å². The first-order valence-corrected chi connectivity index (χ1v) is 6.52. The third-order valence-corrected chi connectivity index (χ3v) is 3.02. The fourth-order valence-electron chi connectivity index (χ4n) is 2.13. The molecule has 0 saturated heterocycles. The second-order valence-corrected chi connectivity index (χ2v) is 4.18. The van der Waals surface area contributed by atoms with Gasteiger partial charge in [0.2, 0.25) is 0 Å². The Kier molecular flexibility index (Phi) is 16.5. The Labute approximate surface area is 102 Å². The standard InChI is InChI=1S/C11H23N.C2H4.CH4O/c1-3-9-12-11-8-6-4-5-7-10(11)2;2*1-2/h10-12H,3-9H2,1-2H3;1-2H2;2H,1H3. The van der Waals surface area contributed by atoms with Crippen LogP contribution >= 0.6 is 0 Å². The Morgan fingerprint density at radius 1 is 1.12 bits per heavy atom. The molecule has 1 rings (SSSR count). The lowest BCUT2D eigenvalue weighted by Gasteiger charge is -2.22. The fraction of sp³-hybridized carbons (Fsp3) is 0.857. The lowest BCUT2D eigenvalue weighted by molar-refractivity contribution is 0.358. The van der Waals surface area contributed by atoms with Crippen LogP contribution in [0.5, 0.6) is 0 Å². The van der Waals surface area contributed by atoms with Gasteiger partial charge in [-0.1, -0.05) is 33.1 Å². The third-order valence-electron chi connectivity index (χ3n) is 3.02. The Bertz CT molecular complexity index is 128. The molecule has 0 bridgehead atoms. The normalized spacial score (nSPS) is 24.2. The third kappa shape index (κ3) is 8.93. The highest BCUT2D eigenvalue weighted by Crippen LogP contribution is 2.22. The van der Waals surface area contributed by atoms with Crippen molar-refractivity contribution in [3.63, 3.8) is 0 Å². The van der Waals surface area contributed by atoms with E-state index >= 15 is 0 Å². The van der Waals surface area contributed by atoms with Crippen molar-refractivity contribution in [3.8, 4) is 0 Å². The van der Waals surface area contributed by atoms with Crippen LogP contribution in [-0.2, 0) is 0 Å². The topological polar surface area (TPSA) is 32.3 Å². The summed E-state index contributed by atoms with van der Waals surface area (Å²) in [6.07, 6.45) is 8.44. The van der Waals surface area contributed by atoms with Gasteiger partial charge < -0.3 is 10.4 Å². The first-order chi connectivity index (χ1) is 7.84. The van der Waals surface area contributed by atoms with E-state index in [2.05, 4.69) is 32.3 Å². The minimum atomic E-state index is 0.812. The molecule has 2 nitrogen and oxygen atoms in total. The summed E-state index contributed by atoms with van der Waals surface area (Å²) in [5.41, 5.74) is 0. The van der Waals surface area contributed by atoms with Crippen LogP contribution in [0.1, 0.15) is 52.4 Å². The first-order valence-electron chi connectivity index (χ1n) is 6.52. The Morgan fingerprint density at radius 3 is 2.25 bits per heavy atom. The van der Waals surface area contributed by atoms with Gasteiger partial charge in [0.25, 0.3) is 0 Å². The molecular weight excluding hydrogens is 198 g/mol. The summed E-state index contributed by atoms with van der Waals surface area (Å²) >= 11 is 0. The number of hydrogen-bond donors (Lipinski definition) is 2. The summed E-state index contributed by atoms with van der Waals surface area (Å²) in [6.45, 7) is 11.8. The van der Waals surface area contributed by atoms with Crippen molar-refractivity contribution in [2.75, 3.05) is 13.7 Å². The van der Waals surface area contributed by atoms with E-state index in [0.29, 0.717) is 0 Å². The van der Waals surface area contributed by atoms with Gasteiger partial charge in [-0.2, -0.15) is 0 Å². The van der Waals surface area contributed by atoms with E-state index in [1.54, 1.807) is 0 Å². The van der Waals surface area contributed by atoms with Gasteiger partial charge in [-0.3, -0.25) is 0 Å². The summed E-state index contributed by atoms with van der Waals surface area (Å²) in [6, 6.07) is 0.812. The van der Waals surface area contributed by atoms with Crippen LogP contribution in [0.2, 0.25) is 0 Å². The van der Waals surface area contributed by atoms with Gasteiger partial charge >= 0.3 is 0 Å². The van der Waals surface area contributed by atoms with Crippen molar-refractivity contribution >= 4 is 0 Å². The van der Waals surface area contributed by atoms with Gasteiger partial charge in [0.15, 0.2) is 0 Å². The highest BCUT2D eigenvalue weighted by atomic mass is 16.2. The van der Waals surface area contributed by atoms with Crippen molar-refractivity contribution < 1.29 is 5.11 Å². The van der Waals surface area contributed by atoms with Crippen LogP contribution in [0.15, 0.2) is 13.2 Å². The average Bonchev–Trinajstić information content (AvgIpc) is 2.57. The number of nitrogens with one attached hydrogen (secondary N) is 1. The zero-order valence-corrected chi connectivity index (χ0v) is 11.5. The zero-order chi connectivity index (χ0) is 12.8. The number of hydrogen-bond acceptors (Lipinski definition) is 2. The van der Waals surface area contributed by atoms with Gasteiger partial charge in [-0.25, -0.2) is 0 Å². The molecule has 2 unspecified atom stereocenters. The predicted octanol–water partition coefficient (Wildman–Crippen LogP) is 3.37. The zero-order valence-electron chi connectivity index (χ0n) is 11.5. The number of rotatable bonds is 3. The quantitative estimate of drug-likeness (QED) is 0.574. The monoisotopic (exact) mass is 229 g/mol. The second kappa shape index (κ2) is 14.7. The average molecular weight is 229 g/mol. The van der Waals surface area contributed by atoms with Gasteiger partial charge in [-0.05, 0) is 31.7 Å². The Hall–Kier alpha value is -0.340. The summed E-state index contributed by atoms with van der Waals surface area (Å²) in [7, 11) is 1.00. The minimum Gasteiger partial charge on any atom is -0.400 e.